The van der Waals surface area contributed by atoms with Crippen LogP contribution in [0, 0.1) is 22.7 Å². The standard InChI is InChI=1S/C21H30O2/c1-20(2)11-18-17-6-4-13-10-14(22)5-7-15(13)16(17)8-9-21(18,3)19(23)12-20/h5,7,10,16-19,22-23H,4,6,8-9,11-12H2,1-3H3/t16-,17-,18+,19+,21+/m1/s1. The molecule has 0 aromatic heterocycles. The second-order valence-corrected chi connectivity index (χ2v) is 9.43. The molecule has 2 saturated carbocycles. The normalized spacial score (nSPS) is 41.6. The first-order valence-corrected chi connectivity index (χ1v) is 9.30. The third-order valence-electron chi connectivity index (χ3n) is 7.43. The van der Waals surface area contributed by atoms with Gasteiger partial charge in [0.1, 0.15) is 5.75 Å². The van der Waals surface area contributed by atoms with Crippen molar-refractivity contribution in [2.24, 2.45) is 22.7 Å². The molecule has 0 unspecified atom stereocenters. The molecule has 0 aliphatic heterocycles. The van der Waals surface area contributed by atoms with Crippen LogP contribution in [0.15, 0.2) is 18.2 Å². The van der Waals surface area contributed by atoms with Gasteiger partial charge in [0.25, 0.3) is 0 Å². The van der Waals surface area contributed by atoms with Gasteiger partial charge in [0, 0.05) is 0 Å². The molecule has 3 aliphatic rings. The Labute approximate surface area is 139 Å². The Bertz CT molecular complexity index is 620. The van der Waals surface area contributed by atoms with E-state index in [1.54, 1.807) is 0 Å². The van der Waals surface area contributed by atoms with E-state index in [-0.39, 0.29) is 16.9 Å². The number of fused-ring (bicyclic) bond motifs is 5. The summed E-state index contributed by atoms with van der Waals surface area (Å²) in [7, 11) is 0. The van der Waals surface area contributed by atoms with E-state index in [9.17, 15) is 10.2 Å². The number of hydrogen-bond acceptors (Lipinski definition) is 2. The predicted molar refractivity (Wildman–Crippen MR) is 92.5 cm³/mol. The van der Waals surface area contributed by atoms with Crippen molar-refractivity contribution >= 4 is 0 Å². The summed E-state index contributed by atoms with van der Waals surface area (Å²) in [6.45, 7) is 7.00. The molecule has 1 aromatic carbocycles. The number of aliphatic hydroxyl groups is 1. The zero-order chi connectivity index (χ0) is 16.4. The van der Waals surface area contributed by atoms with Crippen LogP contribution in [-0.4, -0.2) is 16.3 Å². The Kier molecular flexibility index (Phi) is 3.36. The molecule has 0 bridgehead atoms. The van der Waals surface area contributed by atoms with Gasteiger partial charge in [-0.1, -0.05) is 26.8 Å². The number of aliphatic hydroxyl groups excluding tert-OH is 1. The molecule has 4 rings (SSSR count). The van der Waals surface area contributed by atoms with Gasteiger partial charge in [0.05, 0.1) is 6.10 Å². The Morgan fingerprint density at radius 1 is 1.09 bits per heavy atom. The zero-order valence-corrected chi connectivity index (χ0v) is 14.7. The Morgan fingerprint density at radius 3 is 2.65 bits per heavy atom. The molecule has 2 nitrogen and oxygen atoms in total. The van der Waals surface area contributed by atoms with E-state index >= 15 is 0 Å². The Morgan fingerprint density at radius 2 is 1.87 bits per heavy atom. The van der Waals surface area contributed by atoms with Crippen LogP contribution < -0.4 is 0 Å². The van der Waals surface area contributed by atoms with Crippen molar-refractivity contribution in [2.75, 3.05) is 0 Å². The molecule has 3 aliphatic carbocycles. The van der Waals surface area contributed by atoms with Gasteiger partial charge in [0.2, 0.25) is 0 Å². The molecule has 2 fully saturated rings. The molecular weight excluding hydrogens is 284 g/mol. The minimum atomic E-state index is -0.154. The highest BCUT2D eigenvalue weighted by molar-refractivity contribution is 5.40. The van der Waals surface area contributed by atoms with Crippen molar-refractivity contribution in [1.82, 2.24) is 0 Å². The molecular formula is C21H30O2. The lowest BCUT2D eigenvalue weighted by Crippen LogP contribution is -2.54. The second-order valence-electron chi connectivity index (χ2n) is 9.43. The summed E-state index contributed by atoms with van der Waals surface area (Å²) < 4.78 is 0. The molecule has 0 radical (unpaired) electrons. The van der Waals surface area contributed by atoms with Crippen LogP contribution >= 0.6 is 0 Å². The molecule has 2 heteroatoms. The summed E-state index contributed by atoms with van der Waals surface area (Å²) >= 11 is 0. The van der Waals surface area contributed by atoms with E-state index in [0.29, 0.717) is 23.5 Å². The number of phenols is 1. The zero-order valence-electron chi connectivity index (χ0n) is 14.7. The topological polar surface area (TPSA) is 40.5 Å². The van der Waals surface area contributed by atoms with E-state index in [2.05, 4.69) is 26.8 Å². The molecule has 23 heavy (non-hydrogen) atoms. The first-order valence-electron chi connectivity index (χ1n) is 9.30. The fourth-order valence-corrected chi connectivity index (χ4v) is 6.15. The van der Waals surface area contributed by atoms with Crippen molar-refractivity contribution in [3.05, 3.63) is 29.3 Å². The Balaban J connectivity index is 1.71. The smallest absolute Gasteiger partial charge is 0.115 e. The molecule has 0 heterocycles. The van der Waals surface area contributed by atoms with Crippen molar-refractivity contribution in [1.29, 1.82) is 0 Å². The average Bonchev–Trinajstić information content (AvgIpc) is 2.47. The monoisotopic (exact) mass is 314 g/mol. The first-order chi connectivity index (χ1) is 10.8. The summed E-state index contributed by atoms with van der Waals surface area (Å²) in [6, 6.07) is 5.99. The van der Waals surface area contributed by atoms with Crippen LogP contribution in [0.4, 0.5) is 0 Å². The van der Waals surface area contributed by atoms with Crippen LogP contribution in [-0.2, 0) is 6.42 Å². The highest BCUT2D eigenvalue weighted by Gasteiger charge is 2.55. The lowest BCUT2D eigenvalue weighted by atomic mass is 9.47. The summed E-state index contributed by atoms with van der Waals surface area (Å²) in [4.78, 5) is 0. The van der Waals surface area contributed by atoms with Crippen LogP contribution in [0.5, 0.6) is 5.75 Å². The van der Waals surface area contributed by atoms with E-state index in [0.717, 1.165) is 19.3 Å². The maximum Gasteiger partial charge on any atom is 0.115 e. The van der Waals surface area contributed by atoms with Crippen molar-refractivity contribution in [2.45, 2.75) is 71.3 Å². The molecule has 0 amide bonds. The molecule has 2 N–H and O–H groups in total. The fourth-order valence-electron chi connectivity index (χ4n) is 6.15. The van der Waals surface area contributed by atoms with Gasteiger partial charge >= 0.3 is 0 Å². The SMILES string of the molecule is CC1(C)C[C@H](O)[C@@]2(C)CC[C@@H]3c4ccc(O)cc4CC[C@H]3[C@@H]2C1. The summed E-state index contributed by atoms with van der Waals surface area (Å²) in [5.41, 5.74) is 3.18. The average molecular weight is 314 g/mol. The van der Waals surface area contributed by atoms with Gasteiger partial charge in [-0.2, -0.15) is 0 Å². The lowest BCUT2D eigenvalue weighted by Gasteiger charge is -2.59. The number of hydrogen-bond donors (Lipinski definition) is 2. The molecule has 0 saturated heterocycles. The predicted octanol–water partition coefficient (Wildman–Crippen LogP) is 4.64. The second kappa shape index (κ2) is 4.99. The highest BCUT2D eigenvalue weighted by Crippen LogP contribution is 2.62. The van der Waals surface area contributed by atoms with E-state index in [1.807, 2.05) is 12.1 Å². The van der Waals surface area contributed by atoms with E-state index in [1.165, 1.54) is 30.4 Å². The maximum atomic E-state index is 10.9. The minimum Gasteiger partial charge on any atom is -0.508 e. The lowest BCUT2D eigenvalue weighted by molar-refractivity contribution is -0.132. The third kappa shape index (κ3) is 2.33. The third-order valence-corrected chi connectivity index (χ3v) is 7.43. The van der Waals surface area contributed by atoms with Gasteiger partial charge in [-0.25, -0.2) is 0 Å². The maximum absolute atomic E-state index is 10.9. The van der Waals surface area contributed by atoms with Gasteiger partial charge in [-0.05, 0) is 90.4 Å². The van der Waals surface area contributed by atoms with Gasteiger partial charge < -0.3 is 10.2 Å². The Hall–Kier alpha value is -1.02. The number of benzene rings is 1. The van der Waals surface area contributed by atoms with Crippen LogP contribution in [0.1, 0.15) is 69.9 Å². The van der Waals surface area contributed by atoms with Gasteiger partial charge in [0.15, 0.2) is 0 Å². The largest absolute Gasteiger partial charge is 0.508 e. The molecule has 1 aromatic rings. The summed E-state index contributed by atoms with van der Waals surface area (Å²) in [6.07, 6.45) is 6.65. The summed E-state index contributed by atoms with van der Waals surface area (Å²) in [5.74, 6) is 2.34. The van der Waals surface area contributed by atoms with Crippen LogP contribution in [0.2, 0.25) is 0 Å². The number of rotatable bonds is 0. The highest BCUT2D eigenvalue weighted by atomic mass is 16.3. The molecule has 0 spiro atoms. The minimum absolute atomic E-state index is 0.102. The van der Waals surface area contributed by atoms with Crippen LogP contribution in [0.3, 0.4) is 0 Å². The number of aromatic hydroxyl groups is 1. The van der Waals surface area contributed by atoms with Crippen molar-refractivity contribution < 1.29 is 10.2 Å². The molecule has 126 valence electrons. The fraction of sp³-hybridized carbons (Fsp3) is 0.714. The number of aryl methyl sites for hydroxylation is 1. The number of phenolic OH excluding ortho intramolecular Hbond substituents is 1. The van der Waals surface area contributed by atoms with E-state index < -0.39 is 0 Å². The van der Waals surface area contributed by atoms with Crippen molar-refractivity contribution in [3.8, 4) is 5.75 Å². The van der Waals surface area contributed by atoms with Gasteiger partial charge in [-0.15, -0.1) is 0 Å². The van der Waals surface area contributed by atoms with Crippen molar-refractivity contribution in [3.63, 3.8) is 0 Å². The van der Waals surface area contributed by atoms with Gasteiger partial charge in [-0.3, -0.25) is 0 Å². The molecule has 5 atom stereocenters. The first kappa shape index (κ1) is 15.5. The summed E-state index contributed by atoms with van der Waals surface area (Å²) in [5, 5.41) is 20.7. The quantitative estimate of drug-likeness (QED) is 0.732. The van der Waals surface area contributed by atoms with Crippen LogP contribution in [0.25, 0.3) is 0 Å². The van der Waals surface area contributed by atoms with E-state index in [4.69, 9.17) is 0 Å².